The van der Waals surface area contributed by atoms with Crippen LogP contribution in [0.4, 0.5) is 8.78 Å². The Bertz CT molecular complexity index is 542. The van der Waals surface area contributed by atoms with E-state index in [1.54, 1.807) is 24.3 Å². The van der Waals surface area contributed by atoms with Crippen LogP contribution in [-0.2, 0) is 0 Å². The van der Waals surface area contributed by atoms with Crippen LogP contribution >= 0.6 is 0 Å². The summed E-state index contributed by atoms with van der Waals surface area (Å²) in [4.78, 5) is 10.6. The highest BCUT2D eigenvalue weighted by Gasteiger charge is 2.17. The highest BCUT2D eigenvalue weighted by atomic mass is 19.1. The molecule has 0 saturated carbocycles. The molecule has 17 heavy (non-hydrogen) atoms. The average Bonchev–Trinajstić information content (AvgIpc) is 2.28. The van der Waals surface area contributed by atoms with Crippen molar-refractivity contribution in [1.82, 2.24) is 0 Å². The number of carboxylic acid groups (broad SMARTS) is 1. The number of hydrogen-bond donors (Lipinski definition) is 1. The van der Waals surface area contributed by atoms with E-state index in [1.165, 1.54) is 0 Å². The zero-order valence-corrected chi connectivity index (χ0v) is 8.58. The number of halogens is 2. The van der Waals surface area contributed by atoms with Gasteiger partial charge in [0, 0.05) is 0 Å². The zero-order valence-electron chi connectivity index (χ0n) is 8.58. The Morgan fingerprint density at radius 2 is 1.59 bits per heavy atom. The van der Waals surface area contributed by atoms with Gasteiger partial charge in [-0.2, -0.15) is 0 Å². The van der Waals surface area contributed by atoms with E-state index in [0.717, 1.165) is 12.1 Å². The largest absolute Gasteiger partial charge is 0.477 e. The molecule has 0 aliphatic rings. The molecule has 0 spiro atoms. The van der Waals surface area contributed by atoms with Crippen LogP contribution in [0.2, 0.25) is 0 Å². The first-order chi connectivity index (χ1) is 8.09. The number of aromatic carboxylic acids is 1. The zero-order chi connectivity index (χ0) is 12.4. The molecular weight excluding hydrogens is 226 g/mol. The van der Waals surface area contributed by atoms with Crippen LogP contribution in [0.5, 0.6) is 0 Å². The Hall–Kier alpha value is -2.23. The number of carboxylic acids is 1. The van der Waals surface area contributed by atoms with Crippen LogP contribution in [0.25, 0.3) is 11.1 Å². The van der Waals surface area contributed by atoms with Crippen LogP contribution in [-0.4, -0.2) is 11.1 Å². The summed E-state index contributed by atoms with van der Waals surface area (Å²) in [5.74, 6) is -3.78. The quantitative estimate of drug-likeness (QED) is 0.865. The first kappa shape index (κ1) is 11.3. The van der Waals surface area contributed by atoms with E-state index in [0.29, 0.717) is 11.1 Å². The Balaban J connectivity index is 2.57. The molecule has 0 amide bonds. The molecule has 0 fully saturated rings. The normalized spacial score (nSPS) is 10.2. The maximum Gasteiger partial charge on any atom is 0.341 e. The molecule has 1 radical (unpaired) electrons. The standard InChI is InChI=1S/C13H7F2O2/c14-10-6-9(8-4-2-1-3-5-8)7-11(15)12(10)13(16)17/h2-7H,(H,16,17). The topological polar surface area (TPSA) is 37.3 Å². The predicted octanol–water partition coefficient (Wildman–Crippen LogP) is 3.13. The first-order valence-electron chi connectivity index (χ1n) is 4.78. The molecule has 0 saturated heterocycles. The Kier molecular flexibility index (Phi) is 2.87. The number of benzene rings is 2. The van der Waals surface area contributed by atoms with Gasteiger partial charge >= 0.3 is 5.97 Å². The summed E-state index contributed by atoms with van der Waals surface area (Å²) >= 11 is 0. The van der Waals surface area contributed by atoms with Crippen molar-refractivity contribution in [2.24, 2.45) is 0 Å². The van der Waals surface area contributed by atoms with Gasteiger partial charge in [0.05, 0.1) is 0 Å². The molecular formula is C13H7F2O2. The van der Waals surface area contributed by atoms with E-state index in [4.69, 9.17) is 5.11 Å². The summed E-state index contributed by atoms with van der Waals surface area (Å²) in [7, 11) is 0. The van der Waals surface area contributed by atoms with E-state index in [-0.39, 0.29) is 0 Å². The van der Waals surface area contributed by atoms with Gasteiger partial charge in [-0.1, -0.05) is 24.3 Å². The third kappa shape index (κ3) is 2.15. The SMILES string of the molecule is O=C(O)c1c(F)cc(-c2cc[c]cc2)cc1F. The summed E-state index contributed by atoms with van der Waals surface area (Å²) in [6.07, 6.45) is 0. The van der Waals surface area contributed by atoms with E-state index in [2.05, 4.69) is 6.07 Å². The maximum absolute atomic E-state index is 13.4. The molecule has 0 bridgehead atoms. The van der Waals surface area contributed by atoms with E-state index in [9.17, 15) is 13.6 Å². The van der Waals surface area contributed by atoms with Gasteiger partial charge in [-0.3, -0.25) is 0 Å². The summed E-state index contributed by atoms with van der Waals surface area (Å²) in [6.45, 7) is 0. The molecule has 4 heteroatoms. The van der Waals surface area contributed by atoms with Gasteiger partial charge in [0.15, 0.2) is 0 Å². The minimum Gasteiger partial charge on any atom is -0.477 e. The molecule has 2 nitrogen and oxygen atoms in total. The Morgan fingerprint density at radius 1 is 1.06 bits per heavy atom. The molecule has 0 atom stereocenters. The van der Waals surface area contributed by atoms with Crippen molar-refractivity contribution in [3.63, 3.8) is 0 Å². The average molecular weight is 233 g/mol. The monoisotopic (exact) mass is 233 g/mol. The lowest BCUT2D eigenvalue weighted by molar-refractivity contribution is 0.0686. The van der Waals surface area contributed by atoms with Crippen molar-refractivity contribution in [2.75, 3.05) is 0 Å². The second-order valence-corrected chi connectivity index (χ2v) is 3.41. The van der Waals surface area contributed by atoms with Gasteiger partial charge in [-0.05, 0) is 29.3 Å². The van der Waals surface area contributed by atoms with Gasteiger partial charge in [-0.15, -0.1) is 0 Å². The van der Waals surface area contributed by atoms with Gasteiger partial charge in [0.25, 0.3) is 0 Å². The van der Waals surface area contributed by atoms with Crippen molar-refractivity contribution in [1.29, 1.82) is 0 Å². The molecule has 0 aliphatic carbocycles. The molecule has 2 aromatic carbocycles. The van der Waals surface area contributed by atoms with E-state index >= 15 is 0 Å². The van der Waals surface area contributed by atoms with Crippen molar-refractivity contribution >= 4 is 5.97 Å². The van der Waals surface area contributed by atoms with Crippen molar-refractivity contribution in [3.05, 3.63) is 59.7 Å². The summed E-state index contributed by atoms with van der Waals surface area (Å²) in [5, 5.41) is 8.62. The highest BCUT2D eigenvalue weighted by molar-refractivity contribution is 5.89. The smallest absolute Gasteiger partial charge is 0.341 e. The van der Waals surface area contributed by atoms with E-state index in [1.807, 2.05) is 0 Å². The molecule has 1 N–H and O–H groups in total. The fraction of sp³-hybridized carbons (Fsp3) is 0. The predicted molar refractivity (Wildman–Crippen MR) is 57.6 cm³/mol. The number of rotatable bonds is 2. The molecule has 0 unspecified atom stereocenters. The lowest BCUT2D eigenvalue weighted by atomic mass is 10.0. The van der Waals surface area contributed by atoms with E-state index < -0.39 is 23.2 Å². The Morgan fingerprint density at radius 3 is 2.06 bits per heavy atom. The third-order valence-corrected chi connectivity index (χ3v) is 2.31. The minimum atomic E-state index is -1.62. The first-order valence-corrected chi connectivity index (χ1v) is 4.78. The Labute approximate surface area is 96.1 Å². The third-order valence-electron chi connectivity index (χ3n) is 2.31. The summed E-state index contributed by atoms with van der Waals surface area (Å²) in [6, 6.07) is 11.3. The number of carbonyl (C=O) groups is 1. The van der Waals surface area contributed by atoms with Crippen molar-refractivity contribution in [2.45, 2.75) is 0 Å². The van der Waals surface area contributed by atoms with Crippen molar-refractivity contribution < 1.29 is 18.7 Å². The second-order valence-electron chi connectivity index (χ2n) is 3.41. The molecule has 0 aromatic heterocycles. The minimum absolute atomic E-state index is 0.291. The summed E-state index contributed by atoms with van der Waals surface area (Å²) < 4.78 is 26.8. The van der Waals surface area contributed by atoms with Crippen LogP contribution in [0.3, 0.4) is 0 Å². The molecule has 0 aliphatic heterocycles. The molecule has 2 rings (SSSR count). The molecule has 2 aromatic rings. The molecule has 0 heterocycles. The van der Waals surface area contributed by atoms with Crippen LogP contribution in [0.15, 0.2) is 36.4 Å². The van der Waals surface area contributed by atoms with Gasteiger partial charge < -0.3 is 5.11 Å². The lowest BCUT2D eigenvalue weighted by Crippen LogP contribution is -2.04. The maximum atomic E-state index is 13.4. The van der Waals surface area contributed by atoms with Gasteiger partial charge in [0.2, 0.25) is 0 Å². The van der Waals surface area contributed by atoms with Crippen molar-refractivity contribution in [3.8, 4) is 11.1 Å². The lowest BCUT2D eigenvalue weighted by Gasteiger charge is -2.05. The van der Waals surface area contributed by atoms with Gasteiger partial charge in [0.1, 0.15) is 17.2 Å². The molecule has 85 valence electrons. The fourth-order valence-electron chi connectivity index (χ4n) is 1.52. The van der Waals surface area contributed by atoms with Crippen LogP contribution in [0, 0.1) is 17.7 Å². The summed E-state index contributed by atoms with van der Waals surface area (Å²) in [5.41, 5.74) is -0.0475. The highest BCUT2D eigenvalue weighted by Crippen LogP contribution is 2.24. The second kappa shape index (κ2) is 4.33. The van der Waals surface area contributed by atoms with Gasteiger partial charge in [-0.25, -0.2) is 13.6 Å². The van der Waals surface area contributed by atoms with Crippen LogP contribution < -0.4 is 0 Å². The number of hydrogen-bond acceptors (Lipinski definition) is 1. The van der Waals surface area contributed by atoms with Crippen LogP contribution in [0.1, 0.15) is 10.4 Å². The fourth-order valence-corrected chi connectivity index (χ4v) is 1.52.